The Morgan fingerprint density at radius 1 is 0.570 bits per heavy atom. The Morgan fingerprint density at radius 2 is 1.14 bits per heavy atom. The summed E-state index contributed by atoms with van der Waals surface area (Å²) < 4.78 is 71.7. The summed E-state index contributed by atoms with van der Waals surface area (Å²) in [5, 5.41) is 168. The number of fused-ring (bicyclic) bond motifs is 7. The number of aliphatic hydroxyl groups excluding tert-OH is 15. The molecule has 0 bridgehead atoms. The van der Waals surface area contributed by atoms with Crippen molar-refractivity contribution in [2.45, 2.75) is 358 Å². The number of rotatable bonds is 26. The lowest BCUT2D eigenvalue weighted by atomic mass is 9.31. The van der Waals surface area contributed by atoms with E-state index in [1.165, 1.54) is 13.8 Å². The first-order valence-electron chi connectivity index (χ1n) is 38.8. The summed E-state index contributed by atoms with van der Waals surface area (Å²) in [6, 6.07) is 0. The predicted octanol–water partition coefficient (Wildman–Crippen LogP) is 0.499. The summed E-state index contributed by atoms with van der Waals surface area (Å²) in [6.07, 6.45) is -36.7. The summed E-state index contributed by atoms with van der Waals surface area (Å²) >= 11 is 0. The maximum Gasteiger partial charge on any atom is 0.318 e. The van der Waals surface area contributed by atoms with Crippen LogP contribution in [-0.2, 0) is 76.0 Å². The van der Waals surface area contributed by atoms with Crippen molar-refractivity contribution in [1.82, 2.24) is 0 Å². The van der Waals surface area contributed by atoms with E-state index in [0.29, 0.717) is 57.8 Å². The summed E-state index contributed by atoms with van der Waals surface area (Å²) in [5.74, 6) is -3.54. The van der Waals surface area contributed by atoms with E-state index in [1.807, 2.05) is 34.6 Å². The molecule has 5 saturated heterocycles. The molecule has 15 N–H and O–H groups in total. The van der Waals surface area contributed by atoms with Gasteiger partial charge in [0.15, 0.2) is 37.4 Å². The molecule has 0 amide bonds. The molecular weight excluding hydrogens is 1410 g/mol. The number of aldehydes is 1. The number of aliphatic hydroxyl groups is 15. The van der Waals surface area contributed by atoms with Crippen LogP contribution in [0.5, 0.6) is 0 Å². The minimum Gasteiger partial charge on any atom is -0.462 e. The van der Waals surface area contributed by atoms with Gasteiger partial charge in [-0.2, -0.15) is 0 Å². The second-order valence-corrected chi connectivity index (χ2v) is 35.1. The monoisotopic (exact) mass is 1530 g/mol. The van der Waals surface area contributed by atoms with Gasteiger partial charge >= 0.3 is 17.9 Å². The fraction of sp³-hybridized carbons (Fsp3) is 0.921. The Kier molecular flexibility index (Phi) is 26.9. The number of carbonyl (C=O) groups excluding carboxylic acids is 4. The molecule has 0 aromatic heterocycles. The van der Waals surface area contributed by atoms with Crippen LogP contribution in [-0.4, -0.2) is 292 Å². The molecule has 5 aliphatic heterocycles. The first-order valence-corrected chi connectivity index (χ1v) is 38.8. The van der Waals surface area contributed by atoms with Crippen LogP contribution in [0.15, 0.2) is 11.6 Å². The zero-order valence-electron chi connectivity index (χ0n) is 64.1. The van der Waals surface area contributed by atoms with Crippen molar-refractivity contribution >= 4 is 24.2 Å². The molecule has 7 unspecified atom stereocenters. The number of carbonyl (C=O) groups is 4. The molecule has 0 spiro atoms. The molecule has 10 rings (SSSR count). The van der Waals surface area contributed by atoms with Crippen LogP contribution in [0.3, 0.4) is 0 Å². The van der Waals surface area contributed by atoms with Crippen molar-refractivity contribution in [2.24, 2.45) is 61.6 Å². The summed E-state index contributed by atoms with van der Waals surface area (Å²) in [5.41, 5.74) is -4.68. The lowest BCUT2D eigenvalue weighted by Gasteiger charge is -2.73. The molecular formula is C76H124O31. The van der Waals surface area contributed by atoms with Gasteiger partial charge < -0.3 is 138 Å². The standard InChI is InChI=1S/C76H124O31/c1-14-34(3)42(100-50(85)26-39(80)25-43(35(4)15-2)101-67-56(91)53(88)44(29-77)102-67)24-38(79)27-51(86)103-61-37(6)99-68(63(58(61)93)106-66-57(92)54(89)60(36(5)98-66)104-65-59(94)62(41(82)31-97-65)105-64-55(90)52(87)40(81)30-96-64)107-69(95)76-23-22-70(7,8)32-75(76,13)47-17-16-46-71(9)20-19-48(83)72(10,33-78)45(71)18-21-73(46,11)74(47,12)28-49(76)84/h17,33-46,48-49,52-68,77,79-84,87-94H,14-16,18-32H2,1-13H3/t34-,35-,36+,37-,38-,39-,40-,41-,42?,43?,44-,45?,46?,48+,49-,52+,53-,54?,55?,56+,57-,58+,59?,60+,61+,62+,63-,64+,65+,66+,67+,68+,71+,72+,73-,74-,75+,76-/m1/s1. The lowest BCUT2D eigenvalue weighted by Crippen LogP contribution is -2.71. The number of hydrogen-bond donors (Lipinski definition) is 15. The van der Waals surface area contributed by atoms with E-state index in [9.17, 15) is 91.0 Å². The molecule has 9 fully saturated rings. The number of ether oxygens (including phenoxy) is 12. The summed E-state index contributed by atoms with van der Waals surface area (Å²) in [7, 11) is 0. The molecule has 5 aliphatic carbocycles. The van der Waals surface area contributed by atoms with Crippen LogP contribution in [0.25, 0.3) is 0 Å². The van der Waals surface area contributed by atoms with Crippen LogP contribution in [0.1, 0.15) is 186 Å². The Hall–Kier alpha value is -3.14. The predicted molar refractivity (Wildman–Crippen MR) is 370 cm³/mol. The van der Waals surface area contributed by atoms with E-state index in [0.717, 1.165) is 11.9 Å². The third-order valence-electron chi connectivity index (χ3n) is 27.8. The molecule has 107 heavy (non-hydrogen) atoms. The van der Waals surface area contributed by atoms with Crippen molar-refractivity contribution in [2.75, 3.05) is 19.8 Å². The summed E-state index contributed by atoms with van der Waals surface area (Å²) in [6.45, 7) is 23.3. The highest BCUT2D eigenvalue weighted by atomic mass is 16.8. The van der Waals surface area contributed by atoms with Crippen molar-refractivity contribution in [3.63, 3.8) is 0 Å². The molecule has 10 aliphatic rings. The number of allylic oxidation sites excluding steroid dienone is 2. The first-order chi connectivity index (χ1) is 50.0. The third-order valence-corrected chi connectivity index (χ3v) is 27.8. The minimum absolute atomic E-state index is 0.0269. The fourth-order valence-corrected chi connectivity index (χ4v) is 20.8. The fourth-order valence-electron chi connectivity index (χ4n) is 20.8. The van der Waals surface area contributed by atoms with Crippen molar-refractivity contribution in [3.05, 3.63) is 11.6 Å². The topological polar surface area (TPSA) is 482 Å². The quantitative estimate of drug-likeness (QED) is 0.0243. The van der Waals surface area contributed by atoms with E-state index in [-0.39, 0.29) is 54.3 Å². The van der Waals surface area contributed by atoms with Gasteiger partial charge in [0, 0.05) is 18.3 Å². The largest absolute Gasteiger partial charge is 0.462 e. The third kappa shape index (κ3) is 16.1. The van der Waals surface area contributed by atoms with Gasteiger partial charge in [-0.1, -0.05) is 101 Å². The minimum atomic E-state index is -2.12. The van der Waals surface area contributed by atoms with Gasteiger partial charge in [0.2, 0.25) is 6.29 Å². The van der Waals surface area contributed by atoms with Crippen LogP contribution >= 0.6 is 0 Å². The van der Waals surface area contributed by atoms with E-state index >= 15 is 4.79 Å². The highest BCUT2D eigenvalue weighted by molar-refractivity contribution is 5.81. The van der Waals surface area contributed by atoms with Gasteiger partial charge in [0.05, 0.1) is 80.8 Å². The van der Waals surface area contributed by atoms with Gasteiger partial charge in [-0.3, -0.25) is 14.4 Å². The molecule has 5 heterocycles. The number of esters is 3. The molecule has 38 atom stereocenters. The highest BCUT2D eigenvalue weighted by Crippen LogP contribution is 2.78. The Morgan fingerprint density at radius 3 is 1.78 bits per heavy atom. The van der Waals surface area contributed by atoms with Crippen LogP contribution in [0, 0.1) is 61.6 Å². The Labute approximate surface area is 625 Å². The smallest absolute Gasteiger partial charge is 0.318 e. The van der Waals surface area contributed by atoms with Gasteiger partial charge in [0.1, 0.15) is 97.2 Å². The van der Waals surface area contributed by atoms with Crippen molar-refractivity contribution in [3.8, 4) is 0 Å². The average molecular weight is 1530 g/mol. The molecule has 0 radical (unpaired) electrons. The second kappa shape index (κ2) is 33.4. The van der Waals surface area contributed by atoms with Gasteiger partial charge in [-0.25, -0.2) is 0 Å². The molecule has 614 valence electrons. The second-order valence-electron chi connectivity index (χ2n) is 35.1. The zero-order chi connectivity index (χ0) is 78.9. The van der Waals surface area contributed by atoms with Crippen LogP contribution in [0.4, 0.5) is 0 Å². The van der Waals surface area contributed by atoms with Gasteiger partial charge in [0.25, 0.3) is 0 Å². The van der Waals surface area contributed by atoms with Gasteiger partial charge in [-0.05, 0) is 117 Å². The maximum absolute atomic E-state index is 16.2. The van der Waals surface area contributed by atoms with Crippen molar-refractivity contribution in [1.29, 1.82) is 0 Å². The maximum atomic E-state index is 16.2. The van der Waals surface area contributed by atoms with Crippen LogP contribution < -0.4 is 0 Å². The zero-order valence-corrected chi connectivity index (χ0v) is 64.1. The van der Waals surface area contributed by atoms with E-state index in [1.54, 1.807) is 6.92 Å². The summed E-state index contributed by atoms with van der Waals surface area (Å²) in [4.78, 5) is 57.0. The molecule has 31 nitrogen and oxygen atoms in total. The first kappa shape index (κ1) is 86.3. The Bertz CT molecular complexity index is 3070. The normalized spacial score (nSPS) is 47.9. The van der Waals surface area contributed by atoms with Crippen LogP contribution in [0.2, 0.25) is 0 Å². The van der Waals surface area contributed by atoms with Gasteiger partial charge in [-0.15, -0.1) is 0 Å². The average Bonchev–Trinajstić information content (AvgIpc) is 1.67. The van der Waals surface area contributed by atoms with Crippen molar-refractivity contribution < 1.29 is 153 Å². The van der Waals surface area contributed by atoms with E-state index in [2.05, 4.69) is 40.7 Å². The van der Waals surface area contributed by atoms with E-state index in [4.69, 9.17) is 56.8 Å². The Balaban J connectivity index is 0.881. The SMILES string of the molecule is CC[C@@H](C)C(C[C@@H](O)CC(=O)O[C@@H]1[C@H](O)[C@@H](O[C@@H]2O[C@@H](C)[C@H](O[C@@H]3OC[C@@H](O)[C@H](O[C@@H]4OC[C@@H](O)[C@H](O)C4O)C3O)C(O)[C@H]2O)[C@H](OC(=O)[C@]23CCC(C)(C)C[C@@]2(C)C2=CCC4[C@@]5(C)CC[C@H](O)[C@@](C)(C=O)C5CC[C@@]4(C)[C@]2(C)C[C@H]3O)O[C@@H]1C)OC(=O)C[C@H](O)CC(O[C@H]1O[C@H](CO)[C@@H](O)[C@@H]1O)[C@H](C)CC. The molecule has 0 aromatic carbocycles. The highest BCUT2D eigenvalue weighted by Gasteiger charge is 2.76. The molecule has 4 saturated carbocycles. The van der Waals surface area contributed by atoms with E-state index < -0.39 is 255 Å². The molecule has 0 aromatic rings. The number of hydrogen-bond acceptors (Lipinski definition) is 31. The lowest BCUT2D eigenvalue weighted by molar-refractivity contribution is -0.378. The molecule has 31 heteroatoms.